The molecule has 3 heteroatoms. The fourth-order valence-corrected chi connectivity index (χ4v) is 1.94. The summed E-state index contributed by atoms with van der Waals surface area (Å²) in [6.07, 6.45) is 4.19. The molecule has 1 aromatic rings. The standard InChI is InChI=1S/C13H25N3/c1-6-9-14-12(13(3,4)7-2)11-8-10-15-16(11)5/h8,10,12,14H,6-7,9H2,1-5H3. The Kier molecular flexibility index (Phi) is 4.54. The van der Waals surface area contributed by atoms with Gasteiger partial charge in [0.25, 0.3) is 0 Å². The van der Waals surface area contributed by atoms with Gasteiger partial charge in [-0.2, -0.15) is 5.10 Å². The zero-order valence-electron chi connectivity index (χ0n) is 11.2. The van der Waals surface area contributed by atoms with Crippen molar-refractivity contribution in [3.63, 3.8) is 0 Å². The predicted octanol–water partition coefficient (Wildman–Crippen LogP) is 2.90. The molecule has 1 aromatic heterocycles. The molecule has 0 fully saturated rings. The molecule has 0 saturated carbocycles. The highest BCUT2D eigenvalue weighted by molar-refractivity contribution is 5.10. The fraction of sp³-hybridized carbons (Fsp3) is 0.769. The van der Waals surface area contributed by atoms with Crippen LogP contribution >= 0.6 is 0 Å². The van der Waals surface area contributed by atoms with Crippen molar-refractivity contribution < 1.29 is 0 Å². The van der Waals surface area contributed by atoms with Gasteiger partial charge < -0.3 is 5.32 Å². The molecule has 0 radical (unpaired) electrons. The normalized spacial score (nSPS) is 14.1. The lowest BCUT2D eigenvalue weighted by Gasteiger charge is -2.34. The van der Waals surface area contributed by atoms with E-state index in [0.29, 0.717) is 6.04 Å². The highest BCUT2D eigenvalue weighted by Gasteiger charge is 2.30. The first-order valence-corrected chi connectivity index (χ1v) is 6.24. The molecule has 0 aliphatic heterocycles. The van der Waals surface area contributed by atoms with Gasteiger partial charge in [0.15, 0.2) is 0 Å². The quantitative estimate of drug-likeness (QED) is 0.803. The van der Waals surface area contributed by atoms with E-state index >= 15 is 0 Å². The maximum absolute atomic E-state index is 4.27. The third kappa shape index (κ3) is 2.85. The Morgan fingerprint density at radius 2 is 2.12 bits per heavy atom. The number of nitrogens with one attached hydrogen (secondary N) is 1. The van der Waals surface area contributed by atoms with E-state index in [1.165, 1.54) is 5.69 Å². The molecule has 0 bridgehead atoms. The van der Waals surface area contributed by atoms with E-state index in [9.17, 15) is 0 Å². The minimum Gasteiger partial charge on any atom is -0.308 e. The molecular weight excluding hydrogens is 198 g/mol. The lowest BCUT2D eigenvalue weighted by atomic mass is 9.80. The minimum absolute atomic E-state index is 0.253. The zero-order chi connectivity index (χ0) is 12.2. The average molecular weight is 223 g/mol. The lowest BCUT2D eigenvalue weighted by molar-refractivity contribution is 0.225. The third-order valence-electron chi connectivity index (χ3n) is 3.45. The van der Waals surface area contributed by atoms with Crippen LogP contribution in [0.5, 0.6) is 0 Å². The minimum atomic E-state index is 0.253. The maximum atomic E-state index is 4.27. The molecule has 0 amide bonds. The van der Waals surface area contributed by atoms with E-state index in [4.69, 9.17) is 0 Å². The summed E-state index contributed by atoms with van der Waals surface area (Å²) in [5.41, 5.74) is 1.53. The zero-order valence-corrected chi connectivity index (χ0v) is 11.2. The molecule has 0 aliphatic rings. The topological polar surface area (TPSA) is 29.9 Å². The van der Waals surface area contributed by atoms with Crippen LogP contribution in [0.1, 0.15) is 52.3 Å². The molecule has 1 atom stereocenters. The average Bonchev–Trinajstić information content (AvgIpc) is 2.65. The van der Waals surface area contributed by atoms with Crippen LogP contribution in [0, 0.1) is 5.41 Å². The Labute approximate surface area is 99.2 Å². The van der Waals surface area contributed by atoms with Gasteiger partial charge in [0.05, 0.1) is 11.7 Å². The predicted molar refractivity (Wildman–Crippen MR) is 68.3 cm³/mol. The number of hydrogen-bond donors (Lipinski definition) is 1. The van der Waals surface area contributed by atoms with Crippen LogP contribution in [0.4, 0.5) is 0 Å². The van der Waals surface area contributed by atoms with Gasteiger partial charge in [-0.15, -0.1) is 0 Å². The molecule has 0 aliphatic carbocycles. The van der Waals surface area contributed by atoms with Gasteiger partial charge in [-0.25, -0.2) is 0 Å². The van der Waals surface area contributed by atoms with Crippen LogP contribution < -0.4 is 5.32 Å². The van der Waals surface area contributed by atoms with Gasteiger partial charge in [-0.3, -0.25) is 4.68 Å². The highest BCUT2D eigenvalue weighted by atomic mass is 15.3. The third-order valence-corrected chi connectivity index (χ3v) is 3.45. The summed E-state index contributed by atoms with van der Waals surface area (Å²) in [4.78, 5) is 0. The van der Waals surface area contributed by atoms with Crippen LogP contribution in [-0.4, -0.2) is 16.3 Å². The Hall–Kier alpha value is -0.830. The molecule has 0 saturated heterocycles. The van der Waals surface area contributed by atoms with Gasteiger partial charge in [0, 0.05) is 13.2 Å². The molecule has 1 unspecified atom stereocenters. The second-order valence-corrected chi connectivity index (χ2v) is 5.11. The molecule has 3 nitrogen and oxygen atoms in total. The molecule has 1 N–H and O–H groups in total. The first-order chi connectivity index (χ1) is 7.53. The van der Waals surface area contributed by atoms with E-state index in [1.54, 1.807) is 0 Å². The summed E-state index contributed by atoms with van der Waals surface area (Å²) in [6, 6.07) is 2.50. The summed E-state index contributed by atoms with van der Waals surface area (Å²) in [6.45, 7) is 10.1. The summed E-state index contributed by atoms with van der Waals surface area (Å²) >= 11 is 0. The Balaban J connectivity index is 2.92. The SMILES string of the molecule is CCCNC(c1ccnn1C)C(C)(C)CC. The number of aryl methyl sites for hydroxylation is 1. The molecular formula is C13H25N3. The van der Waals surface area contributed by atoms with Gasteiger partial charge in [0.2, 0.25) is 0 Å². The molecule has 0 aromatic carbocycles. The lowest BCUT2D eigenvalue weighted by Crippen LogP contribution is -2.35. The van der Waals surface area contributed by atoms with E-state index in [2.05, 4.69) is 44.2 Å². The fourth-order valence-electron chi connectivity index (χ4n) is 1.94. The highest BCUT2D eigenvalue weighted by Crippen LogP contribution is 2.35. The van der Waals surface area contributed by atoms with Crippen LogP contribution in [0.25, 0.3) is 0 Å². The van der Waals surface area contributed by atoms with E-state index in [0.717, 1.165) is 19.4 Å². The van der Waals surface area contributed by atoms with Crippen molar-refractivity contribution in [2.45, 2.75) is 46.6 Å². The largest absolute Gasteiger partial charge is 0.308 e. The number of hydrogen-bond acceptors (Lipinski definition) is 2. The summed E-state index contributed by atoms with van der Waals surface area (Å²) < 4.78 is 1.98. The molecule has 16 heavy (non-hydrogen) atoms. The van der Waals surface area contributed by atoms with Crippen molar-refractivity contribution >= 4 is 0 Å². The van der Waals surface area contributed by atoms with Crippen LogP contribution in [0.15, 0.2) is 12.3 Å². The monoisotopic (exact) mass is 223 g/mol. The Morgan fingerprint density at radius 3 is 2.56 bits per heavy atom. The summed E-state index contributed by atoms with van der Waals surface area (Å²) in [5.74, 6) is 0. The van der Waals surface area contributed by atoms with E-state index < -0.39 is 0 Å². The van der Waals surface area contributed by atoms with Crippen molar-refractivity contribution in [2.75, 3.05) is 6.54 Å². The summed E-state index contributed by atoms with van der Waals surface area (Å²) in [5, 5.41) is 7.91. The van der Waals surface area contributed by atoms with Gasteiger partial charge in [-0.1, -0.05) is 27.7 Å². The van der Waals surface area contributed by atoms with Crippen molar-refractivity contribution in [3.8, 4) is 0 Å². The molecule has 1 rings (SSSR count). The van der Waals surface area contributed by atoms with Crippen molar-refractivity contribution in [1.29, 1.82) is 0 Å². The molecule has 92 valence electrons. The smallest absolute Gasteiger partial charge is 0.0555 e. The first-order valence-electron chi connectivity index (χ1n) is 6.24. The van der Waals surface area contributed by atoms with Crippen molar-refractivity contribution in [1.82, 2.24) is 15.1 Å². The molecule has 0 spiro atoms. The first kappa shape index (κ1) is 13.2. The number of nitrogens with zero attached hydrogens (tertiary/aromatic N) is 2. The van der Waals surface area contributed by atoms with E-state index in [-0.39, 0.29) is 5.41 Å². The van der Waals surface area contributed by atoms with Gasteiger partial charge in [0.1, 0.15) is 0 Å². The van der Waals surface area contributed by atoms with E-state index in [1.807, 2.05) is 17.9 Å². The maximum Gasteiger partial charge on any atom is 0.0555 e. The van der Waals surface area contributed by atoms with Crippen molar-refractivity contribution in [2.24, 2.45) is 12.5 Å². The van der Waals surface area contributed by atoms with Crippen molar-refractivity contribution in [3.05, 3.63) is 18.0 Å². The Bertz CT molecular complexity index is 315. The van der Waals surface area contributed by atoms with Crippen LogP contribution in [0.2, 0.25) is 0 Å². The number of rotatable bonds is 6. The number of aromatic nitrogens is 2. The summed E-state index contributed by atoms with van der Waals surface area (Å²) in [7, 11) is 2.02. The second kappa shape index (κ2) is 5.48. The second-order valence-electron chi connectivity index (χ2n) is 5.11. The van der Waals surface area contributed by atoms with Gasteiger partial charge >= 0.3 is 0 Å². The van der Waals surface area contributed by atoms with Crippen LogP contribution in [-0.2, 0) is 7.05 Å². The van der Waals surface area contributed by atoms with Gasteiger partial charge in [-0.05, 0) is 30.9 Å². The molecule has 1 heterocycles. The van der Waals surface area contributed by atoms with Crippen LogP contribution in [0.3, 0.4) is 0 Å². The Morgan fingerprint density at radius 1 is 1.44 bits per heavy atom.